The van der Waals surface area contributed by atoms with E-state index in [9.17, 15) is 34.8 Å². The summed E-state index contributed by atoms with van der Waals surface area (Å²) in [6.07, 6.45) is -4.64. The molecule has 174 valence electrons. The molecule has 1 amide bonds. The first kappa shape index (κ1) is 26.9. The van der Waals surface area contributed by atoms with Crippen LogP contribution in [0.15, 0.2) is 0 Å². The molecule has 0 spiro atoms. The Labute approximate surface area is 178 Å². The maximum atomic E-state index is 11.9. The minimum Gasteiger partial charge on any atom is -0.477 e. The second-order valence-corrected chi connectivity index (χ2v) is 8.64. The molecule has 1 aliphatic heterocycles. The highest BCUT2D eigenvalue weighted by molar-refractivity contribution is 7.17. The number of aliphatic hydroxyl groups excluding tert-OH is 3. The standard InChI is InChI=1S/C19H34NO9P/c1-4-5-6-12(22)7-8-13(23)16(25)17-15(20-10(2)21)14(24)9-19(29-17,18(26)27)28-11(3)30/h11,13-17,23-25H,4-9,30H2,1-3H3,(H,20,21)(H,26,27)/t11?,13-,14-,15-,16-,17?,19+/m1/s1. The van der Waals surface area contributed by atoms with Crippen LogP contribution in [-0.2, 0) is 23.9 Å². The average molecular weight is 451 g/mol. The van der Waals surface area contributed by atoms with Crippen LogP contribution in [0.25, 0.3) is 0 Å². The summed E-state index contributed by atoms with van der Waals surface area (Å²) in [6, 6.07) is -1.18. The van der Waals surface area contributed by atoms with Crippen LogP contribution in [-0.4, -0.2) is 80.2 Å². The summed E-state index contributed by atoms with van der Waals surface area (Å²) in [5, 5.41) is 43.7. The minimum absolute atomic E-state index is 0.0293. The third-order valence-corrected chi connectivity index (χ3v) is 5.04. The number of amides is 1. The van der Waals surface area contributed by atoms with Gasteiger partial charge >= 0.3 is 5.97 Å². The fraction of sp³-hybridized carbons (Fsp3) is 0.842. The third kappa shape index (κ3) is 7.51. The number of rotatable bonds is 12. The highest BCUT2D eigenvalue weighted by atomic mass is 31.0. The molecule has 0 bridgehead atoms. The molecule has 1 rings (SSSR count). The third-order valence-electron chi connectivity index (χ3n) is 4.90. The molecule has 0 radical (unpaired) electrons. The number of unbranched alkanes of at least 4 members (excludes halogenated alkanes) is 1. The monoisotopic (exact) mass is 451 g/mol. The molecule has 11 heteroatoms. The van der Waals surface area contributed by atoms with Gasteiger partial charge in [-0.05, 0) is 19.8 Å². The molecule has 0 aromatic heterocycles. The molecule has 1 heterocycles. The van der Waals surface area contributed by atoms with E-state index in [1.165, 1.54) is 6.92 Å². The van der Waals surface area contributed by atoms with Gasteiger partial charge in [-0.2, -0.15) is 0 Å². The van der Waals surface area contributed by atoms with Gasteiger partial charge < -0.3 is 35.2 Å². The van der Waals surface area contributed by atoms with Gasteiger partial charge in [0.05, 0.1) is 24.1 Å². The summed E-state index contributed by atoms with van der Waals surface area (Å²) in [7, 11) is 2.25. The Kier molecular flexibility index (Phi) is 10.8. The quantitative estimate of drug-likeness (QED) is 0.255. The number of carbonyl (C=O) groups excluding carboxylic acids is 2. The molecular formula is C19H34NO9P. The molecule has 1 saturated heterocycles. The van der Waals surface area contributed by atoms with E-state index >= 15 is 0 Å². The predicted octanol–water partition coefficient (Wildman–Crippen LogP) is -0.0792. The van der Waals surface area contributed by atoms with Crippen molar-refractivity contribution >= 4 is 26.9 Å². The lowest BCUT2D eigenvalue weighted by Crippen LogP contribution is -2.67. The van der Waals surface area contributed by atoms with Gasteiger partial charge in [0.15, 0.2) is 0 Å². The Hall–Kier alpha value is -1.16. The topological polar surface area (TPSA) is 163 Å². The van der Waals surface area contributed by atoms with E-state index in [4.69, 9.17) is 9.47 Å². The number of carboxylic acids is 1. The Bertz CT molecular complexity index is 603. The largest absolute Gasteiger partial charge is 0.477 e. The zero-order valence-electron chi connectivity index (χ0n) is 17.6. The van der Waals surface area contributed by atoms with E-state index in [2.05, 4.69) is 14.6 Å². The number of aliphatic carboxylic acids is 1. The van der Waals surface area contributed by atoms with E-state index in [0.717, 1.165) is 12.8 Å². The van der Waals surface area contributed by atoms with Gasteiger partial charge in [-0.15, -0.1) is 9.24 Å². The Balaban J connectivity index is 3.05. The highest BCUT2D eigenvalue weighted by Gasteiger charge is 2.56. The molecule has 0 aliphatic carbocycles. The number of Topliss-reactive ketones (excluding diaryl/α,β-unsaturated/α-hetero) is 1. The van der Waals surface area contributed by atoms with Crippen molar-refractivity contribution in [2.24, 2.45) is 0 Å². The van der Waals surface area contributed by atoms with Crippen molar-refractivity contribution in [2.75, 3.05) is 0 Å². The van der Waals surface area contributed by atoms with Crippen LogP contribution in [0.4, 0.5) is 0 Å². The van der Waals surface area contributed by atoms with Gasteiger partial charge in [-0.3, -0.25) is 9.59 Å². The molecule has 3 unspecified atom stereocenters. The van der Waals surface area contributed by atoms with Crippen molar-refractivity contribution in [3.05, 3.63) is 0 Å². The van der Waals surface area contributed by atoms with Crippen molar-refractivity contribution in [2.45, 2.75) is 101 Å². The second kappa shape index (κ2) is 12.0. The van der Waals surface area contributed by atoms with Crippen molar-refractivity contribution in [1.29, 1.82) is 0 Å². The lowest BCUT2D eigenvalue weighted by Gasteiger charge is -2.47. The molecule has 0 aromatic rings. The number of carbonyl (C=O) groups is 3. The van der Waals surface area contributed by atoms with Gasteiger partial charge in [0.2, 0.25) is 5.91 Å². The van der Waals surface area contributed by atoms with E-state index in [1.54, 1.807) is 6.92 Å². The van der Waals surface area contributed by atoms with E-state index in [-0.39, 0.29) is 18.6 Å². The normalized spacial score (nSPS) is 29.6. The zero-order valence-corrected chi connectivity index (χ0v) is 18.8. The SMILES string of the molecule is CCCCC(=O)CC[C@@H](O)[C@@H](O)C1O[C@](OC(C)P)(C(=O)O)C[C@@H](O)[C@H]1NC(C)=O. The molecule has 5 N–H and O–H groups in total. The summed E-state index contributed by atoms with van der Waals surface area (Å²) in [5.74, 6) is -5.06. The zero-order chi connectivity index (χ0) is 23.1. The lowest BCUT2D eigenvalue weighted by atomic mass is 9.87. The summed E-state index contributed by atoms with van der Waals surface area (Å²) in [4.78, 5) is 35.3. The number of nitrogens with one attached hydrogen (secondary N) is 1. The van der Waals surface area contributed by atoms with Crippen LogP contribution in [0.2, 0.25) is 0 Å². The Morgan fingerprint density at radius 1 is 1.30 bits per heavy atom. The first-order chi connectivity index (χ1) is 13.9. The smallest absolute Gasteiger partial charge is 0.364 e. The van der Waals surface area contributed by atoms with Crippen LogP contribution >= 0.6 is 9.24 Å². The summed E-state index contributed by atoms with van der Waals surface area (Å²) in [6.45, 7) is 4.69. The molecule has 1 aliphatic rings. The summed E-state index contributed by atoms with van der Waals surface area (Å²) in [5.41, 5.74) is 0. The van der Waals surface area contributed by atoms with E-state index in [1.807, 2.05) is 6.92 Å². The molecule has 1 fully saturated rings. The molecule has 8 atom stereocenters. The van der Waals surface area contributed by atoms with Gasteiger partial charge in [-0.25, -0.2) is 4.79 Å². The lowest BCUT2D eigenvalue weighted by molar-refractivity contribution is -0.313. The molecule has 0 saturated carbocycles. The fourth-order valence-electron chi connectivity index (χ4n) is 3.42. The van der Waals surface area contributed by atoms with Crippen LogP contribution in [0.1, 0.15) is 59.3 Å². The van der Waals surface area contributed by atoms with Gasteiger partial charge in [0.1, 0.15) is 18.0 Å². The van der Waals surface area contributed by atoms with Crippen LogP contribution in [0.5, 0.6) is 0 Å². The molecule has 0 aromatic carbocycles. The van der Waals surface area contributed by atoms with Crippen LogP contribution in [0, 0.1) is 0 Å². The number of hydrogen-bond donors (Lipinski definition) is 5. The van der Waals surface area contributed by atoms with Crippen molar-refractivity contribution in [1.82, 2.24) is 5.32 Å². The van der Waals surface area contributed by atoms with Crippen molar-refractivity contribution in [3.63, 3.8) is 0 Å². The number of carboxylic acid groups (broad SMARTS) is 1. The van der Waals surface area contributed by atoms with E-state index in [0.29, 0.717) is 6.42 Å². The van der Waals surface area contributed by atoms with E-state index < -0.39 is 60.4 Å². The number of ether oxygens (including phenoxy) is 2. The second-order valence-electron chi connectivity index (χ2n) is 7.70. The van der Waals surface area contributed by atoms with Crippen LogP contribution in [0.3, 0.4) is 0 Å². The van der Waals surface area contributed by atoms with Gasteiger partial charge in [0, 0.05) is 26.2 Å². The Morgan fingerprint density at radius 2 is 1.93 bits per heavy atom. The summed E-state index contributed by atoms with van der Waals surface area (Å²) < 4.78 is 11.0. The number of hydrogen-bond acceptors (Lipinski definition) is 8. The predicted molar refractivity (Wildman–Crippen MR) is 110 cm³/mol. The Morgan fingerprint density at radius 3 is 2.43 bits per heavy atom. The maximum Gasteiger partial charge on any atom is 0.364 e. The van der Waals surface area contributed by atoms with Gasteiger partial charge in [0.25, 0.3) is 5.79 Å². The van der Waals surface area contributed by atoms with Crippen LogP contribution < -0.4 is 5.32 Å². The summed E-state index contributed by atoms with van der Waals surface area (Å²) >= 11 is 0. The molecule has 10 nitrogen and oxygen atoms in total. The van der Waals surface area contributed by atoms with Crippen molar-refractivity contribution in [3.8, 4) is 0 Å². The van der Waals surface area contributed by atoms with Crippen molar-refractivity contribution < 1.29 is 44.3 Å². The average Bonchev–Trinajstić information content (AvgIpc) is 2.64. The minimum atomic E-state index is -2.28. The number of ketones is 1. The maximum absolute atomic E-state index is 11.9. The molecular weight excluding hydrogens is 417 g/mol. The number of aliphatic hydroxyl groups is 3. The molecule has 30 heavy (non-hydrogen) atoms. The van der Waals surface area contributed by atoms with Gasteiger partial charge in [-0.1, -0.05) is 13.3 Å². The highest BCUT2D eigenvalue weighted by Crippen LogP contribution is 2.35. The first-order valence-corrected chi connectivity index (χ1v) is 10.8. The fourth-order valence-corrected chi connectivity index (χ4v) is 3.64. The first-order valence-electron chi connectivity index (χ1n) is 10.1.